The highest BCUT2D eigenvalue weighted by Gasteiger charge is 2.14. The van der Waals surface area contributed by atoms with Gasteiger partial charge in [0.1, 0.15) is 0 Å². The number of carbonyl (C=O) groups excluding carboxylic acids is 1. The van der Waals surface area contributed by atoms with Gasteiger partial charge < -0.3 is 10.2 Å². The van der Waals surface area contributed by atoms with E-state index in [0.29, 0.717) is 0 Å². The molecule has 0 aliphatic rings. The van der Waals surface area contributed by atoms with Crippen LogP contribution in [-0.2, 0) is 0 Å². The highest BCUT2D eigenvalue weighted by Crippen LogP contribution is 2.35. The summed E-state index contributed by atoms with van der Waals surface area (Å²) in [7, 11) is 0. The van der Waals surface area contributed by atoms with Crippen molar-refractivity contribution < 1.29 is 15.0 Å². The summed E-state index contributed by atoms with van der Waals surface area (Å²) in [6, 6.07) is 2.39. The second-order valence-corrected chi connectivity index (χ2v) is 2.65. The average molecular weight is 203 g/mol. The Bertz CT molecular complexity index is 354. The van der Waals surface area contributed by atoms with Crippen molar-refractivity contribution in [3.8, 4) is 11.5 Å². The van der Waals surface area contributed by atoms with Gasteiger partial charge in [-0.1, -0.05) is 11.6 Å². The van der Waals surface area contributed by atoms with Crippen LogP contribution in [0, 0.1) is 0 Å². The molecule has 0 aliphatic heterocycles. The van der Waals surface area contributed by atoms with Gasteiger partial charge in [0.05, 0.1) is 10.6 Å². The predicted molar refractivity (Wildman–Crippen MR) is 46.4 cm³/mol. The molecule has 0 unspecified atom stereocenters. The molecule has 0 aromatic heterocycles. The molecule has 1 amide bonds. The van der Waals surface area contributed by atoms with Crippen molar-refractivity contribution in [2.24, 2.45) is 5.84 Å². The van der Waals surface area contributed by atoms with Crippen molar-refractivity contribution in [1.29, 1.82) is 0 Å². The van der Waals surface area contributed by atoms with Crippen molar-refractivity contribution in [3.63, 3.8) is 0 Å². The minimum atomic E-state index is -0.639. The number of benzene rings is 1. The maximum Gasteiger partial charge on any atom is 0.266 e. The fourth-order valence-electron chi connectivity index (χ4n) is 0.807. The van der Waals surface area contributed by atoms with E-state index in [1.54, 1.807) is 0 Å². The van der Waals surface area contributed by atoms with Gasteiger partial charge >= 0.3 is 0 Å². The molecule has 13 heavy (non-hydrogen) atoms. The number of hydrogen-bond acceptors (Lipinski definition) is 4. The van der Waals surface area contributed by atoms with Crippen molar-refractivity contribution in [2.75, 3.05) is 0 Å². The van der Waals surface area contributed by atoms with Gasteiger partial charge in [0, 0.05) is 0 Å². The first kappa shape index (κ1) is 9.63. The highest BCUT2D eigenvalue weighted by atomic mass is 35.5. The Kier molecular flexibility index (Phi) is 2.60. The fraction of sp³-hybridized carbons (Fsp3) is 0. The number of halogens is 1. The van der Waals surface area contributed by atoms with Crippen molar-refractivity contribution in [3.05, 3.63) is 22.7 Å². The monoisotopic (exact) mass is 202 g/mol. The number of nitrogens with two attached hydrogens (primary N) is 1. The Morgan fingerprint density at radius 1 is 1.46 bits per heavy atom. The molecular weight excluding hydrogens is 196 g/mol. The predicted octanol–water partition coefficient (Wildman–Crippen LogP) is 0.355. The second-order valence-electron chi connectivity index (χ2n) is 2.27. The summed E-state index contributed by atoms with van der Waals surface area (Å²) in [5, 5.41) is 17.9. The SMILES string of the molecule is NNC(=O)c1ccc(O)c(O)c1Cl. The lowest BCUT2D eigenvalue weighted by molar-refractivity contribution is 0.0953. The summed E-state index contributed by atoms with van der Waals surface area (Å²) in [6.07, 6.45) is 0. The number of aromatic hydroxyl groups is 2. The molecule has 0 atom stereocenters. The fourth-order valence-corrected chi connectivity index (χ4v) is 1.05. The summed E-state index contributed by atoms with van der Waals surface area (Å²) < 4.78 is 0. The van der Waals surface area contributed by atoms with Crippen LogP contribution in [0.5, 0.6) is 11.5 Å². The normalized spacial score (nSPS) is 9.69. The van der Waals surface area contributed by atoms with Crippen LogP contribution in [0.2, 0.25) is 5.02 Å². The Morgan fingerprint density at radius 2 is 2.08 bits per heavy atom. The average Bonchev–Trinajstić information content (AvgIpc) is 2.13. The van der Waals surface area contributed by atoms with Gasteiger partial charge in [0.15, 0.2) is 11.5 Å². The molecule has 1 rings (SSSR count). The summed E-state index contributed by atoms with van der Waals surface area (Å²) in [4.78, 5) is 11.0. The minimum absolute atomic E-state index is 0.000494. The smallest absolute Gasteiger partial charge is 0.266 e. The van der Waals surface area contributed by atoms with E-state index in [4.69, 9.17) is 27.7 Å². The topological polar surface area (TPSA) is 95.6 Å². The van der Waals surface area contributed by atoms with Gasteiger partial charge in [-0.05, 0) is 12.1 Å². The van der Waals surface area contributed by atoms with Crippen LogP contribution >= 0.6 is 11.6 Å². The van der Waals surface area contributed by atoms with Crippen LogP contribution in [0.25, 0.3) is 0 Å². The number of phenolic OH excluding ortho intramolecular Hbond substituents is 2. The molecule has 1 aromatic carbocycles. The number of rotatable bonds is 1. The largest absolute Gasteiger partial charge is 0.504 e. The molecule has 5 nitrogen and oxygen atoms in total. The molecule has 1 aromatic rings. The lowest BCUT2D eigenvalue weighted by Gasteiger charge is -2.05. The molecule has 0 fully saturated rings. The number of nitrogen functional groups attached to an aromatic ring is 1. The number of amides is 1. The molecule has 70 valence electrons. The Balaban J connectivity index is 3.26. The molecule has 0 bridgehead atoms. The van der Waals surface area contributed by atoms with Crippen molar-refractivity contribution in [1.82, 2.24) is 5.43 Å². The van der Waals surface area contributed by atoms with Crippen LogP contribution in [0.3, 0.4) is 0 Å². The zero-order valence-corrected chi connectivity index (χ0v) is 7.17. The Morgan fingerprint density at radius 3 is 2.62 bits per heavy atom. The van der Waals surface area contributed by atoms with E-state index in [1.165, 1.54) is 6.07 Å². The van der Waals surface area contributed by atoms with Crippen molar-refractivity contribution in [2.45, 2.75) is 0 Å². The summed E-state index contributed by atoms with van der Waals surface area (Å²) in [5.74, 6) is 3.29. The summed E-state index contributed by atoms with van der Waals surface area (Å²) in [6.45, 7) is 0. The van der Waals surface area contributed by atoms with E-state index >= 15 is 0 Å². The molecule has 5 N–H and O–H groups in total. The standard InChI is InChI=1S/C7H7ClN2O3/c8-5-3(7(13)10-9)1-2-4(11)6(5)12/h1-2,11-12H,9H2,(H,10,13). The van der Waals surface area contributed by atoms with Crippen LogP contribution in [0.1, 0.15) is 10.4 Å². The molecule has 0 aliphatic carbocycles. The Hall–Kier alpha value is -1.46. The Labute approximate surface area is 78.7 Å². The lowest BCUT2D eigenvalue weighted by Crippen LogP contribution is -2.30. The van der Waals surface area contributed by atoms with E-state index in [1.807, 2.05) is 5.43 Å². The number of carbonyl (C=O) groups is 1. The van der Waals surface area contributed by atoms with Crippen LogP contribution in [0.15, 0.2) is 12.1 Å². The third-order valence-electron chi connectivity index (χ3n) is 1.47. The molecule has 0 saturated carbocycles. The van der Waals surface area contributed by atoms with E-state index in [9.17, 15) is 4.79 Å². The summed E-state index contributed by atoms with van der Waals surface area (Å²) >= 11 is 5.55. The quantitative estimate of drug-likeness (QED) is 0.229. The lowest BCUT2D eigenvalue weighted by atomic mass is 10.2. The molecule has 0 radical (unpaired) electrons. The van der Waals surface area contributed by atoms with E-state index < -0.39 is 17.4 Å². The van der Waals surface area contributed by atoms with E-state index in [0.717, 1.165) is 6.07 Å². The number of phenols is 2. The third kappa shape index (κ3) is 1.66. The second kappa shape index (κ2) is 3.51. The van der Waals surface area contributed by atoms with Gasteiger partial charge in [0.25, 0.3) is 5.91 Å². The van der Waals surface area contributed by atoms with Gasteiger partial charge in [0.2, 0.25) is 0 Å². The molecule has 0 spiro atoms. The van der Waals surface area contributed by atoms with Gasteiger partial charge in [-0.25, -0.2) is 5.84 Å². The first-order valence-corrected chi connectivity index (χ1v) is 3.67. The van der Waals surface area contributed by atoms with Crippen LogP contribution in [0.4, 0.5) is 0 Å². The number of hydrogen-bond donors (Lipinski definition) is 4. The highest BCUT2D eigenvalue weighted by molar-refractivity contribution is 6.35. The third-order valence-corrected chi connectivity index (χ3v) is 1.85. The summed E-state index contributed by atoms with van der Waals surface area (Å²) in [5.41, 5.74) is 1.85. The zero-order chi connectivity index (χ0) is 10.0. The maximum atomic E-state index is 11.0. The molecule has 0 saturated heterocycles. The van der Waals surface area contributed by atoms with Crippen LogP contribution in [-0.4, -0.2) is 16.1 Å². The van der Waals surface area contributed by atoms with Gasteiger partial charge in [-0.2, -0.15) is 0 Å². The van der Waals surface area contributed by atoms with Gasteiger partial charge in [-0.3, -0.25) is 10.2 Å². The molecule has 6 heteroatoms. The first-order valence-electron chi connectivity index (χ1n) is 3.29. The number of nitrogens with one attached hydrogen (secondary N) is 1. The zero-order valence-electron chi connectivity index (χ0n) is 6.41. The number of hydrazine groups is 1. The van der Waals surface area contributed by atoms with E-state index in [2.05, 4.69) is 0 Å². The molecular formula is C7H7ClN2O3. The van der Waals surface area contributed by atoms with E-state index in [-0.39, 0.29) is 10.6 Å². The van der Waals surface area contributed by atoms with Gasteiger partial charge in [-0.15, -0.1) is 0 Å². The maximum absolute atomic E-state index is 11.0. The first-order chi connectivity index (χ1) is 6.07. The minimum Gasteiger partial charge on any atom is -0.504 e. The van der Waals surface area contributed by atoms with Crippen LogP contribution < -0.4 is 11.3 Å². The van der Waals surface area contributed by atoms with Crippen molar-refractivity contribution >= 4 is 17.5 Å². The molecule has 0 heterocycles.